The van der Waals surface area contributed by atoms with Crippen molar-refractivity contribution in [2.45, 2.75) is 20.4 Å². The van der Waals surface area contributed by atoms with Crippen LogP contribution in [0.2, 0.25) is 4.47 Å². The van der Waals surface area contributed by atoms with E-state index < -0.39 is 0 Å². The van der Waals surface area contributed by atoms with Gasteiger partial charge in [-0.1, -0.05) is 11.6 Å². The maximum absolute atomic E-state index is 9.10. The van der Waals surface area contributed by atoms with Gasteiger partial charge in [-0.25, -0.2) is 4.98 Å². The van der Waals surface area contributed by atoms with Gasteiger partial charge >= 0.3 is 0 Å². The summed E-state index contributed by atoms with van der Waals surface area (Å²) in [6.45, 7) is 6.59. The third-order valence-electron chi connectivity index (χ3n) is 3.31. The van der Waals surface area contributed by atoms with Crippen LogP contribution in [0.4, 0.5) is 11.4 Å². The molecule has 0 bridgehead atoms. The Kier molecular flexibility index (Phi) is 5.85. The lowest BCUT2D eigenvalue weighted by Gasteiger charge is -2.23. The number of anilines is 2. The number of hydrogen-bond donors (Lipinski definition) is 2. The molecule has 1 aromatic carbocycles. The van der Waals surface area contributed by atoms with Crippen LogP contribution in [0.25, 0.3) is 0 Å². The predicted octanol–water partition coefficient (Wildman–Crippen LogP) is 3.54. The smallest absolute Gasteiger partial charge is 0.183 e. The minimum atomic E-state index is 0.166. The highest BCUT2D eigenvalue weighted by Gasteiger charge is 2.06. The molecule has 1 heterocycles. The van der Waals surface area contributed by atoms with E-state index in [-0.39, 0.29) is 6.61 Å². The molecule has 0 spiro atoms. The van der Waals surface area contributed by atoms with Gasteiger partial charge in [0.05, 0.1) is 13.2 Å². The lowest BCUT2D eigenvalue weighted by atomic mass is 10.1. The Labute approximate surface area is 134 Å². The summed E-state index contributed by atoms with van der Waals surface area (Å²) in [5.74, 6) is 0. The molecule has 0 unspecified atom stereocenters. The first-order valence-corrected chi connectivity index (χ1v) is 8.14. The normalized spacial score (nSPS) is 10.7. The molecule has 1 aromatic heterocycles. The molecule has 0 fully saturated rings. The van der Waals surface area contributed by atoms with Gasteiger partial charge in [-0.3, -0.25) is 0 Å². The number of aryl methyl sites for hydroxylation is 1. The summed E-state index contributed by atoms with van der Waals surface area (Å²) in [6, 6.07) is 6.29. The van der Waals surface area contributed by atoms with E-state index >= 15 is 0 Å². The van der Waals surface area contributed by atoms with Crippen LogP contribution >= 0.6 is 22.9 Å². The third kappa shape index (κ3) is 4.33. The van der Waals surface area contributed by atoms with Crippen molar-refractivity contribution in [3.05, 3.63) is 39.3 Å². The summed E-state index contributed by atoms with van der Waals surface area (Å²) in [6.07, 6.45) is 1.80. The number of aliphatic hydroxyl groups excluding tert-OH is 1. The molecule has 4 nitrogen and oxygen atoms in total. The van der Waals surface area contributed by atoms with E-state index in [1.807, 2.05) is 0 Å². The van der Waals surface area contributed by atoms with Crippen LogP contribution in [-0.2, 0) is 6.54 Å². The predicted molar refractivity (Wildman–Crippen MR) is 90.6 cm³/mol. The fraction of sp³-hybridized carbons (Fsp3) is 0.400. The molecular formula is C15H20ClN3OS. The highest BCUT2D eigenvalue weighted by Crippen LogP contribution is 2.24. The summed E-state index contributed by atoms with van der Waals surface area (Å²) in [5.41, 5.74) is 3.42. The Morgan fingerprint density at radius 1 is 1.43 bits per heavy atom. The van der Waals surface area contributed by atoms with Crippen LogP contribution in [0.15, 0.2) is 24.4 Å². The van der Waals surface area contributed by atoms with E-state index in [4.69, 9.17) is 16.7 Å². The largest absolute Gasteiger partial charge is 0.395 e. The number of aliphatic hydroxyl groups is 1. The number of rotatable bonds is 7. The van der Waals surface area contributed by atoms with Crippen LogP contribution < -0.4 is 10.2 Å². The van der Waals surface area contributed by atoms with E-state index in [2.05, 4.69) is 47.2 Å². The van der Waals surface area contributed by atoms with Gasteiger partial charge in [0, 0.05) is 35.5 Å². The van der Waals surface area contributed by atoms with Gasteiger partial charge in [0.15, 0.2) is 4.47 Å². The molecule has 0 radical (unpaired) electrons. The molecule has 0 aliphatic rings. The maximum Gasteiger partial charge on any atom is 0.183 e. The van der Waals surface area contributed by atoms with Crippen molar-refractivity contribution in [2.24, 2.45) is 0 Å². The monoisotopic (exact) mass is 325 g/mol. The zero-order valence-corrected chi connectivity index (χ0v) is 13.8. The molecule has 0 saturated heterocycles. The molecule has 0 aliphatic heterocycles. The number of benzene rings is 1. The topological polar surface area (TPSA) is 48.4 Å². The molecule has 6 heteroatoms. The maximum atomic E-state index is 9.10. The Bertz CT molecular complexity index is 588. The van der Waals surface area contributed by atoms with E-state index in [1.165, 1.54) is 16.9 Å². The fourth-order valence-corrected chi connectivity index (χ4v) is 3.10. The second-order valence-electron chi connectivity index (χ2n) is 4.74. The van der Waals surface area contributed by atoms with Crippen molar-refractivity contribution in [3.63, 3.8) is 0 Å². The average Bonchev–Trinajstić information content (AvgIpc) is 2.89. The van der Waals surface area contributed by atoms with E-state index in [0.717, 1.165) is 29.3 Å². The Balaban J connectivity index is 2.04. The molecule has 0 atom stereocenters. The van der Waals surface area contributed by atoms with E-state index in [0.29, 0.717) is 11.0 Å². The van der Waals surface area contributed by atoms with Gasteiger partial charge in [-0.15, -0.1) is 11.3 Å². The Morgan fingerprint density at radius 3 is 2.81 bits per heavy atom. The molecule has 2 N–H and O–H groups in total. The lowest BCUT2D eigenvalue weighted by molar-refractivity contribution is 0.302. The van der Waals surface area contributed by atoms with Gasteiger partial charge in [0.25, 0.3) is 0 Å². The van der Waals surface area contributed by atoms with Crippen molar-refractivity contribution in [1.29, 1.82) is 0 Å². The summed E-state index contributed by atoms with van der Waals surface area (Å²) < 4.78 is 0.571. The van der Waals surface area contributed by atoms with Gasteiger partial charge in [-0.05, 0) is 37.6 Å². The van der Waals surface area contributed by atoms with Crippen LogP contribution in [0.1, 0.15) is 17.4 Å². The van der Waals surface area contributed by atoms with Gasteiger partial charge < -0.3 is 15.3 Å². The molecule has 0 saturated carbocycles. The molecule has 0 aliphatic carbocycles. The molecule has 114 valence electrons. The molecule has 2 rings (SSSR count). The number of nitrogens with zero attached hydrogens (tertiary/aromatic N) is 2. The van der Waals surface area contributed by atoms with Crippen molar-refractivity contribution in [1.82, 2.24) is 4.98 Å². The Hall–Kier alpha value is -1.30. The second kappa shape index (κ2) is 7.64. The van der Waals surface area contributed by atoms with Crippen molar-refractivity contribution in [2.75, 3.05) is 29.9 Å². The molecule has 21 heavy (non-hydrogen) atoms. The highest BCUT2D eigenvalue weighted by molar-refractivity contribution is 7.15. The highest BCUT2D eigenvalue weighted by atomic mass is 35.5. The molecule has 0 amide bonds. The zero-order chi connectivity index (χ0) is 15.2. The van der Waals surface area contributed by atoms with Crippen LogP contribution in [0.3, 0.4) is 0 Å². The van der Waals surface area contributed by atoms with Gasteiger partial charge in [0.2, 0.25) is 0 Å². The fourth-order valence-electron chi connectivity index (χ4n) is 2.18. The summed E-state index contributed by atoms with van der Waals surface area (Å²) >= 11 is 7.32. The second-order valence-corrected chi connectivity index (χ2v) is 6.43. The van der Waals surface area contributed by atoms with Crippen LogP contribution in [0.5, 0.6) is 0 Å². The van der Waals surface area contributed by atoms with Crippen molar-refractivity contribution >= 4 is 34.3 Å². The SMILES string of the molecule is CCN(CCO)c1ccc(NCc2cnc(Cl)s2)c(C)c1. The van der Waals surface area contributed by atoms with Gasteiger partial charge in [0.1, 0.15) is 0 Å². The average molecular weight is 326 g/mol. The number of hydrogen-bond acceptors (Lipinski definition) is 5. The van der Waals surface area contributed by atoms with Crippen molar-refractivity contribution < 1.29 is 5.11 Å². The summed E-state index contributed by atoms with van der Waals surface area (Å²) in [5, 5.41) is 12.5. The first-order valence-electron chi connectivity index (χ1n) is 6.94. The van der Waals surface area contributed by atoms with Crippen LogP contribution in [0, 0.1) is 6.92 Å². The number of nitrogens with one attached hydrogen (secondary N) is 1. The van der Waals surface area contributed by atoms with E-state index in [9.17, 15) is 0 Å². The first kappa shape index (κ1) is 16.1. The third-order valence-corrected chi connectivity index (χ3v) is 4.42. The van der Waals surface area contributed by atoms with Crippen molar-refractivity contribution in [3.8, 4) is 0 Å². The summed E-state index contributed by atoms with van der Waals surface area (Å²) in [4.78, 5) is 7.30. The number of halogens is 1. The van der Waals surface area contributed by atoms with E-state index in [1.54, 1.807) is 6.20 Å². The minimum absolute atomic E-state index is 0.166. The minimum Gasteiger partial charge on any atom is -0.395 e. The number of aromatic nitrogens is 1. The number of likely N-dealkylation sites (N-methyl/N-ethyl adjacent to an activating group) is 1. The van der Waals surface area contributed by atoms with Gasteiger partial charge in [-0.2, -0.15) is 0 Å². The quantitative estimate of drug-likeness (QED) is 0.817. The zero-order valence-electron chi connectivity index (χ0n) is 12.3. The number of thiazole rings is 1. The molecule has 2 aromatic rings. The lowest BCUT2D eigenvalue weighted by Crippen LogP contribution is -2.26. The summed E-state index contributed by atoms with van der Waals surface area (Å²) in [7, 11) is 0. The standard InChI is InChI=1S/C15H20ClN3OS/c1-3-19(6-7-20)12-4-5-14(11(2)8-12)17-9-13-10-18-15(16)21-13/h4-5,8,10,17,20H,3,6-7,9H2,1-2H3. The Morgan fingerprint density at radius 2 is 2.24 bits per heavy atom. The van der Waals surface area contributed by atoms with Crippen LogP contribution in [-0.4, -0.2) is 29.8 Å². The molecular weight excluding hydrogens is 306 g/mol. The first-order chi connectivity index (χ1) is 10.1.